The van der Waals surface area contributed by atoms with E-state index in [0.29, 0.717) is 16.5 Å². The zero-order valence-corrected chi connectivity index (χ0v) is 12.1. The number of nitrogens with zero attached hydrogens (tertiary/aromatic N) is 1. The first-order valence-electron chi connectivity index (χ1n) is 5.51. The predicted octanol–water partition coefficient (Wildman–Crippen LogP) is 4.72. The quantitative estimate of drug-likeness (QED) is 0.882. The molecule has 0 fully saturated rings. The molecule has 18 heavy (non-hydrogen) atoms. The molecule has 0 spiro atoms. The Morgan fingerprint density at radius 1 is 1.33 bits per heavy atom. The summed E-state index contributed by atoms with van der Waals surface area (Å²) in [6.07, 6.45) is 3.40. The fourth-order valence-electron chi connectivity index (χ4n) is 1.46. The molecule has 2 rings (SSSR count). The lowest BCUT2D eigenvalue weighted by molar-refractivity contribution is 0.480. The minimum Gasteiger partial charge on any atom is -0.454 e. The topological polar surface area (TPSA) is 34.2 Å². The Hall–Kier alpha value is -1.26. The van der Waals surface area contributed by atoms with Gasteiger partial charge in [-0.3, -0.25) is 4.98 Å². The van der Waals surface area contributed by atoms with Crippen LogP contribution in [0.25, 0.3) is 0 Å². The molecular weight excluding hydrogens is 316 g/mol. The van der Waals surface area contributed by atoms with Gasteiger partial charge < -0.3 is 10.1 Å². The SMILES string of the molecule is CCNc1cncc(Oc2ccc(Br)cc2Cl)c1. The van der Waals surface area contributed by atoms with Gasteiger partial charge in [0.05, 0.1) is 23.1 Å². The molecule has 0 atom stereocenters. The van der Waals surface area contributed by atoms with Crippen molar-refractivity contribution in [2.75, 3.05) is 11.9 Å². The highest BCUT2D eigenvalue weighted by Crippen LogP contribution is 2.32. The molecule has 1 N–H and O–H groups in total. The van der Waals surface area contributed by atoms with Crippen LogP contribution in [0.4, 0.5) is 5.69 Å². The summed E-state index contributed by atoms with van der Waals surface area (Å²) >= 11 is 9.44. The number of halogens is 2. The molecule has 0 aliphatic carbocycles. The van der Waals surface area contributed by atoms with Crippen molar-refractivity contribution in [3.63, 3.8) is 0 Å². The summed E-state index contributed by atoms with van der Waals surface area (Å²) in [5, 5.41) is 3.73. The van der Waals surface area contributed by atoms with Crippen LogP contribution < -0.4 is 10.1 Å². The largest absolute Gasteiger partial charge is 0.454 e. The van der Waals surface area contributed by atoms with Crippen molar-refractivity contribution >= 4 is 33.2 Å². The first kappa shape index (κ1) is 13.2. The first-order chi connectivity index (χ1) is 8.69. The van der Waals surface area contributed by atoms with E-state index in [2.05, 4.69) is 26.2 Å². The lowest BCUT2D eigenvalue weighted by Crippen LogP contribution is -1.97. The van der Waals surface area contributed by atoms with E-state index in [1.54, 1.807) is 18.5 Å². The van der Waals surface area contributed by atoms with Gasteiger partial charge in [-0.15, -0.1) is 0 Å². The smallest absolute Gasteiger partial charge is 0.147 e. The number of rotatable bonds is 4. The van der Waals surface area contributed by atoms with Gasteiger partial charge in [0.25, 0.3) is 0 Å². The minimum absolute atomic E-state index is 0.554. The molecule has 5 heteroatoms. The van der Waals surface area contributed by atoms with E-state index in [1.165, 1.54) is 0 Å². The molecule has 3 nitrogen and oxygen atoms in total. The number of aromatic nitrogens is 1. The Bertz CT molecular complexity index is 548. The number of nitrogens with one attached hydrogen (secondary N) is 1. The summed E-state index contributed by atoms with van der Waals surface area (Å²) in [5.41, 5.74) is 0.920. The second-order valence-corrected chi connectivity index (χ2v) is 4.94. The maximum Gasteiger partial charge on any atom is 0.147 e. The molecule has 0 saturated heterocycles. The van der Waals surface area contributed by atoms with Crippen LogP contribution in [0.1, 0.15) is 6.92 Å². The molecule has 0 amide bonds. The van der Waals surface area contributed by atoms with E-state index in [-0.39, 0.29) is 0 Å². The summed E-state index contributed by atoms with van der Waals surface area (Å²) in [7, 11) is 0. The van der Waals surface area contributed by atoms with Gasteiger partial charge >= 0.3 is 0 Å². The number of pyridine rings is 1. The third-order valence-electron chi connectivity index (χ3n) is 2.22. The molecule has 0 radical (unpaired) electrons. The Morgan fingerprint density at radius 3 is 2.89 bits per heavy atom. The summed E-state index contributed by atoms with van der Waals surface area (Å²) in [6, 6.07) is 7.36. The highest BCUT2D eigenvalue weighted by atomic mass is 79.9. The summed E-state index contributed by atoms with van der Waals surface area (Å²) < 4.78 is 6.61. The van der Waals surface area contributed by atoms with E-state index in [4.69, 9.17) is 16.3 Å². The van der Waals surface area contributed by atoms with Crippen LogP contribution >= 0.6 is 27.5 Å². The Morgan fingerprint density at radius 2 is 2.17 bits per heavy atom. The van der Waals surface area contributed by atoms with Crippen molar-refractivity contribution in [3.05, 3.63) is 46.2 Å². The molecule has 1 heterocycles. The number of anilines is 1. The highest BCUT2D eigenvalue weighted by Gasteiger charge is 2.04. The monoisotopic (exact) mass is 326 g/mol. The third kappa shape index (κ3) is 3.37. The molecule has 2 aromatic rings. The van der Waals surface area contributed by atoms with Crippen LogP contribution in [-0.4, -0.2) is 11.5 Å². The molecule has 0 saturated carbocycles. The van der Waals surface area contributed by atoms with Crippen LogP contribution in [0, 0.1) is 0 Å². The molecular formula is C13H12BrClN2O. The number of benzene rings is 1. The van der Waals surface area contributed by atoms with Crippen LogP contribution in [0.3, 0.4) is 0 Å². The summed E-state index contributed by atoms with van der Waals surface area (Å²) in [5.74, 6) is 1.26. The van der Waals surface area contributed by atoms with Crippen molar-refractivity contribution in [1.29, 1.82) is 0 Å². The normalized spacial score (nSPS) is 10.2. The summed E-state index contributed by atoms with van der Waals surface area (Å²) in [6.45, 7) is 2.86. The average Bonchev–Trinajstić information content (AvgIpc) is 2.34. The van der Waals surface area contributed by atoms with Crippen molar-refractivity contribution in [2.24, 2.45) is 0 Å². The Kier molecular flexibility index (Phi) is 4.44. The van der Waals surface area contributed by atoms with Crippen LogP contribution in [-0.2, 0) is 0 Å². The zero-order valence-electron chi connectivity index (χ0n) is 9.78. The van der Waals surface area contributed by atoms with Crippen molar-refractivity contribution < 1.29 is 4.74 Å². The van der Waals surface area contributed by atoms with E-state index in [9.17, 15) is 0 Å². The van der Waals surface area contributed by atoms with Crippen molar-refractivity contribution in [1.82, 2.24) is 4.98 Å². The van der Waals surface area contributed by atoms with Crippen LogP contribution in [0.2, 0.25) is 5.02 Å². The van der Waals surface area contributed by atoms with Gasteiger partial charge in [0.15, 0.2) is 0 Å². The van der Waals surface area contributed by atoms with Gasteiger partial charge in [-0.1, -0.05) is 27.5 Å². The van der Waals surface area contributed by atoms with E-state index >= 15 is 0 Å². The van der Waals surface area contributed by atoms with E-state index in [1.807, 2.05) is 25.1 Å². The van der Waals surface area contributed by atoms with Gasteiger partial charge in [-0.05, 0) is 25.1 Å². The first-order valence-corrected chi connectivity index (χ1v) is 6.68. The second kappa shape index (κ2) is 6.07. The average molecular weight is 328 g/mol. The van der Waals surface area contributed by atoms with Gasteiger partial charge in [0.1, 0.15) is 11.5 Å². The molecule has 0 aliphatic rings. The molecule has 0 unspecified atom stereocenters. The molecule has 0 aliphatic heterocycles. The molecule has 0 bridgehead atoms. The van der Waals surface area contributed by atoms with Crippen molar-refractivity contribution in [3.8, 4) is 11.5 Å². The maximum absolute atomic E-state index is 6.09. The molecule has 1 aromatic carbocycles. The predicted molar refractivity (Wildman–Crippen MR) is 77.6 cm³/mol. The Balaban J connectivity index is 2.20. The van der Waals surface area contributed by atoms with Gasteiger partial charge in [-0.25, -0.2) is 0 Å². The maximum atomic E-state index is 6.09. The molecule has 1 aromatic heterocycles. The van der Waals surface area contributed by atoms with Gasteiger partial charge in [0.2, 0.25) is 0 Å². The highest BCUT2D eigenvalue weighted by molar-refractivity contribution is 9.10. The lowest BCUT2D eigenvalue weighted by atomic mass is 10.3. The second-order valence-electron chi connectivity index (χ2n) is 3.62. The summed E-state index contributed by atoms with van der Waals surface area (Å²) in [4.78, 5) is 4.11. The fraction of sp³-hybridized carbons (Fsp3) is 0.154. The van der Waals surface area contributed by atoms with E-state index < -0.39 is 0 Å². The van der Waals surface area contributed by atoms with Crippen LogP contribution in [0.15, 0.2) is 41.1 Å². The zero-order chi connectivity index (χ0) is 13.0. The molecule has 94 valence electrons. The number of hydrogen-bond acceptors (Lipinski definition) is 3. The Labute approximate surface area is 119 Å². The standard InChI is InChI=1S/C13H12BrClN2O/c1-2-17-10-6-11(8-16-7-10)18-13-4-3-9(14)5-12(13)15/h3-8,17H,2H2,1H3. The van der Waals surface area contributed by atoms with Gasteiger partial charge in [0, 0.05) is 17.1 Å². The third-order valence-corrected chi connectivity index (χ3v) is 3.00. The lowest BCUT2D eigenvalue weighted by Gasteiger charge is -2.09. The number of ether oxygens (including phenoxy) is 1. The fourth-order valence-corrected chi connectivity index (χ4v) is 2.17. The van der Waals surface area contributed by atoms with E-state index in [0.717, 1.165) is 16.7 Å². The minimum atomic E-state index is 0.554. The number of hydrogen-bond donors (Lipinski definition) is 1. The van der Waals surface area contributed by atoms with Gasteiger partial charge in [-0.2, -0.15) is 0 Å². The van der Waals surface area contributed by atoms with Crippen molar-refractivity contribution in [2.45, 2.75) is 6.92 Å². The van der Waals surface area contributed by atoms with Crippen LogP contribution in [0.5, 0.6) is 11.5 Å².